The third kappa shape index (κ3) is 5.66. The van der Waals surface area contributed by atoms with E-state index < -0.39 is 0 Å². The van der Waals surface area contributed by atoms with Gasteiger partial charge in [0.2, 0.25) is 0 Å². The highest BCUT2D eigenvalue weighted by Gasteiger charge is 2.06. The fraction of sp³-hybridized carbons (Fsp3) is 0.381. The van der Waals surface area contributed by atoms with Gasteiger partial charge in [0.05, 0.1) is 23.8 Å². The zero-order chi connectivity index (χ0) is 19.8. The van der Waals surface area contributed by atoms with E-state index in [1.54, 1.807) is 17.5 Å². The van der Waals surface area contributed by atoms with E-state index in [0.29, 0.717) is 6.54 Å². The second-order valence-electron chi connectivity index (χ2n) is 6.59. The number of benzene rings is 1. The fourth-order valence-electron chi connectivity index (χ4n) is 3.04. The predicted octanol–water partition coefficient (Wildman–Crippen LogP) is 3.30. The summed E-state index contributed by atoms with van der Waals surface area (Å²) in [7, 11) is 0. The molecule has 6 nitrogen and oxygen atoms in total. The molecular weight excluding hydrogens is 368 g/mol. The minimum Gasteiger partial charge on any atom is -0.357 e. The molecule has 2 aromatic heterocycles. The number of nitrogens with one attached hydrogen (secondary N) is 2. The molecule has 0 aliphatic rings. The van der Waals surface area contributed by atoms with Gasteiger partial charge in [-0.2, -0.15) is 5.10 Å². The number of hydrogen-bond acceptors (Lipinski definition) is 4. The van der Waals surface area contributed by atoms with Gasteiger partial charge in [-0.15, -0.1) is 11.3 Å². The normalized spacial score (nSPS) is 11.6. The summed E-state index contributed by atoms with van der Waals surface area (Å²) in [4.78, 5) is 10.6. The van der Waals surface area contributed by atoms with E-state index in [0.717, 1.165) is 42.7 Å². The smallest absolute Gasteiger partial charge is 0.191 e. The monoisotopic (exact) mass is 396 g/mol. The first-order valence-corrected chi connectivity index (χ1v) is 10.5. The van der Waals surface area contributed by atoms with Crippen molar-refractivity contribution < 1.29 is 0 Å². The summed E-state index contributed by atoms with van der Waals surface area (Å²) < 4.78 is 1.94. The van der Waals surface area contributed by atoms with Gasteiger partial charge in [0.15, 0.2) is 5.96 Å². The molecule has 1 aromatic carbocycles. The summed E-state index contributed by atoms with van der Waals surface area (Å²) in [6.07, 6.45) is 4.74. The molecule has 0 saturated heterocycles. The lowest BCUT2D eigenvalue weighted by molar-refractivity contribution is 0.680. The number of aromatic nitrogens is 3. The molecule has 0 bridgehead atoms. The van der Waals surface area contributed by atoms with Gasteiger partial charge in [-0.3, -0.25) is 4.68 Å². The third-order valence-electron chi connectivity index (χ3n) is 4.41. The number of nitrogens with zero attached hydrogens (tertiary/aromatic N) is 4. The van der Waals surface area contributed by atoms with Gasteiger partial charge in [-0.05, 0) is 38.0 Å². The van der Waals surface area contributed by atoms with Crippen molar-refractivity contribution in [2.75, 3.05) is 13.1 Å². The summed E-state index contributed by atoms with van der Waals surface area (Å²) >= 11 is 1.77. The highest BCUT2D eigenvalue weighted by Crippen LogP contribution is 2.17. The molecule has 0 amide bonds. The van der Waals surface area contributed by atoms with Gasteiger partial charge in [0.1, 0.15) is 0 Å². The van der Waals surface area contributed by atoms with E-state index in [-0.39, 0.29) is 0 Å². The van der Waals surface area contributed by atoms with E-state index >= 15 is 0 Å². The molecule has 0 unspecified atom stereocenters. The van der Waals surface area contributed by atoms with Crippen LogP contribution in [0, 0.1) is 13.8 Å². The van der Waals surface area contributed by atoms with E-state index in [1.807, 2.05) is 16.9 Å². The number of rotatable bonds is 8. The molecule has 0 atom stereocenters. The van der Waals surface area contributed by atoms with Gasteiger partial charge in [0.25, 0.3) is 0 Å². The number of thiazole rings is 1. The molecular formula is C21H28N6S. The van der Waals surface area contributed by atoms with Crippen molar-refractivity contribution in [3.8, 4) is 0 Å². The molecule has 0 saturated carbocycles. The lowest BCUT2D eigenvalue weighted by Crippen LogP contribution is -2.38. The molecule has 2 heterocycles. The zero-order valence-corrected chi connectivity index (χ0v) is 17.6. The molecule has 7 heteroatoms. The molecule has 28 heavy (non-hydrogen) atoms. The van der Waals surface area contributed by atoms with Crippen molar-refractivity contribution in [3.05, 3.63) is 69.4 Å². The Hall–Kier alpha value is -2.67. The lowest BCUT2D eigenvalue weighted by atomic mass is 10.1. The Morgan fingerprint density at radius 1 is 1.14 bits per heavy atom. The maximum Gasteiger partial charge on any atom is 0.191 e. The highest BCUT2D eigenvalue weighted by molar-refractivity contribution is 7.11. The topological polar surface area (TPSA) is 67.1 Å². The maximum atomic E-state index is 4.79. The fourth-order valence-corrected chi connectivity index (χ4v) is 3.98. The Morgan fingerprint density at radius 3 is 2.64 bits per heavy atom. The molecule has 0 spiro atoms. The van der Waals surface area contributed by atoms with Crippen LogP contribution >= 0.6 is 11.3 Å². The number of guanidine groups is 1. The number of aliphatic imine (C=N–C) groups is 1. The van der Waals surface area contributed by atoms with Crippen molar-refractivity contribution >= 4 is 17.3 Å². The average Bonchev–Trinajstić information content (AvgIpc) is 3.30. The van der Waals surface area contributed by atoms with Crippen molar-refractivity contribution in [2.45, 2.75) is 40.3 Å². The Morgan fingerprint density at radius 2 is 1.96 bits per heavy atom. The first kappa shape index (κ1) is 20.1. The number of aryl methyl sites for hydroxylation is 2. The first-order valence-electron chi connectivity index (χ1n) is 9.65. The van der Waals surface area contributed by atoms with Crippen molar-refractivity contribution in [1.82, 2.24) is 25.4 Å². The second kappa shape index (κ2) is 10.0. The SMILES string of the molecule is CCNC(=NCc1ccccc1Cn1cccn1)NCCc1sc(C)nc1C. The largest absolute Gasteiger partial charge is 0.357 e. The Labute approximate surface area is 170 Å². The Kier molecular flexibility index (Phi) is 7.19. The van der Waals surface area contributed by atoms with Crippen LogP contribution in [-0.2, 0) is 19.5 Å². The minimum absolute atomic E-state index is 0.630. The minimum atomic E-state index is 0.630. The standard InChI is InChI=1S/C21H28N6S/c1-4-22-21(23-12-10-20-16(2)26-17(3)28-20)24-14-18-8-5-6-9-19(18)15-27-13-7-11-25-27/h5-9,11,13H,4,10,12,14-15H2,1-3H3,(H2,22,23,24). The molecule has 3 aromatic rings. The summed E-state index contributed by atoms with van der Waals surface area (Å²) in [5.41, 5.74) is 3.59. The van der Waals surface area contributed by atoms with E-state index in [1.165, 1.54) is 16.0 Å². The van der Waals surface area contributed by atoms with Crippen molar-refractivity contribution in [1.29, 1.82) is 0 Å². The van der Waals surface area contributed by atoms with Crippen LogP contribution in [0.2, 0.25) is 0 Å². The van der Waals surface area contributed by atoms with Crippen molar-refractivity contribution in [2.24, 2.45) is 4.99 Å². The summed E-state index contributed by atoms with van der Waals surface area (Å²) in [6, 6.07) is 10.3. The molecule has 148 valence electrons. The van der Waals surface area contributed by atoms with Crippen LogP contribution in [0.25, 0.3) is 0 Å². The van der Waals surface area contributed by atoms with Crippen LogP contribution in [0.4, 0.5) is 0 Å². The summed E-state index contributed by atoms with van der Waals surface area (Å²) in [6.45, 7) is 9.27. The van der Waals surface area contributed by atoms with E-state index in [2.05, 4.69) is 65.8 Å². The van der Waals surface area contributed by atoms with Crippen LogP contribution in [-0.4, -0.2) is 33.8 Å². The van der Waals surface area contributed by atoms with Crippen LogP contribution < -0.4 is 10.6 Å². The number of hydrogen-bond donors (Lipinski definition) is 2. The Balaban J connectivity index is 1.62. The van der Waals surface area contributed by atoms with Crippen LogP contribution in [0.1, 0.15) is 33.6 Å². The first-order chi connectivity index (χ1) is 13.7. The Bertz CT molecular complexity index is 898. The molecule has 0 aliphatic carbocycles. The van der Waals surface area contributed by atoms with Crippen molar-refractivity contribution in [3.63, 3.8) is 0 Å². The van der Waals surface area contributed by atoms with Gasteiger partial charge < -0.3 is 10.6 Å². The lowest BCUT2D eigenvalue weighted by Gasteiger charge is -2.12. The van der Waals surface area contributed by atoms with Gasteiger partial charge >= 0.3 is 0 Å². The van der Waals surface area contributed by atoms with E-state index in [9.17, 15) is 0 Å². The third-order valence-corrected chi connectivity index (χ3v) is 5.54. The van der Waals surface area contributed by atoms with Gasteiger partial charge in [0, 0.05) is 36.8 Å². The quantitative estimate of drug-likeness (QED) is 0.453. The van der Waals surface area contributed by atoms with Crippen LogP contribution in [0.5, 0.6) is 0 Å². The maximum absolute atomic E-state index is 4.79. The second-order valence-corrected chi connectivity index (χ2v) is 7.87. The van der Waals surface area contributed by atoms with Crippen LogP contribution in [0.3, 0.4) is 0 Å². The summed E-state index contributed by atoms with van der Waals surface area (Å²) in [5.74, 6) is 0.843. The summed E-state index contributed by atoms with van der Waals surface area (Å²) in [5, 5.41) is 12.2. The van der Waals surface area contributed by atoms with Crippen LogP contribution in [0.15, 0.2) is 47.7 Å². The zero-order valence-electron chi connectivity index (χ0n) is 16.8. The molecule has 0 fully saturated rings. The highest BCUT2D eigenvalue weighted by atomic mass is 32.1. The van der Waals surface area contributed by atoms with E-state index in [4.69, 9.17) is 4.99 Å². The molecule has 0 aliphatic heterocycles. The molecule has 2 N–H and O–H groups in total. The molecule has 3 rings (SSSR count). The van der Waals surface area contributed by atoms with Gasteiger partial charge in [-0.25, -0.2) is 9.98 Å². The average molecular weight is 397 g/mol. The predicted molar refractivity (Wildman–Crippen MR) is 116 cm³/mol. The molecule has 0 radical (unpaired) electrons. The van der Waals surface area contributed by atoms with Gasteiger partial charge in [-0.1, -0.05) is 24.3 Å².